The molecule has 0 spiro atoms. The second-order valence-electron chi connectivity index (χ2n) is 8.86. The number of nitrogens with zero attached hydrogens (tertiary/aromatic N) is 7. The van der Waals surface area contributed by atoms with E-state index in [4.69, 9.17) is 4.98 Å². The molecule has 0 bridgehead atoms. The standard InChI is InChI=1S/C26H22N8O2/c1-16(35)32-10-12-33(13-11-32)24-25-31-22(18-4-2-17(15-27)3-5-18)23(34(25)9-8-28-24)19-6-7-20-21(14-19)30-26(36)29-20/h2-9,14,19H,10-13H2,1H3,(H,30,36). The van der Waals surface area contributed by atoms with Crippen LogP contribution in [0.2, 0.25) is 0 Å². The molecule has 3 amide bonds. The van der Waals surface area contributed by atoms with Crippen LogP contribution < -0.4 is 10.2 Å². The van der Waals surface area contributed by atoms with Crippen molar-refractivity contribution in [2.24, 2.45) is 4.99 Å². The number of rotatable bonds is 3. The van der Waals surface area contributed by atoms with Gasteiger partial charge in [-0.25, -0.2) is 14.8 Å². The van der Waals surface area contributed by atoms with Gasteiger partial charge in [-0.2, -0.15) is 10.3 Å². The second kappa shape index (κ2) is 8.46. The van der Waals surface area contributed by atoms with Gasteiger partial charge in [0.25, 0.3) is 0 Å². The van der Waals surface area contributed by atoms with Gasteiger partial charge >= 0.3 is 6.03 Å². The minimum atomic E-state index is -0.372. The fourth-order valence-electron chi connectivity index (χ4n) is 4.90. The Hall–Kier alpha value is -4.78. The third-order valence-electron chi connectivity index (χ3n) is 6.74. The number of aromatic nitrogens is 3. The van der Waals surface area contributed by atoms with Crippen LogP contribution in [0.15, 0.2) is 65.6 Å². The highest BCUT2D eigenvalue weighted by atomic mass is 16.2. The second-order valence-corrected chi connectivity index (χ2v) is 8.86. The third-order valence-corrected chi connectivity index (χ3v) is 6.74. The Bertz CT molecular complexity index is 1530. The van der Waals surface area contributed by atoms with E-state index in [9.17, 15) is 14.9 Å². The van der Waals surface area contributed by atoms with Gasteiger partial charge < -0.3 is 15.1 Å². The SMILES string of the molecule is CC(=O)N1CCN(c2nccn3c(C4C=CC5=NC(=O)NC5=C4)c(-c4ccc(C#N)cc4)nc23)CC1. The van der Waals surface area contributed by atoms with Crippen LogP contribution in [0.4, 0.5) is 10.6 Å². The van der Waals surface area contributed by atoms with E-state index < -0.39 is 0 Å². The monoisotopic (exact) mass is 478 g/mol. The molecular weight excluding hydrogens is 456 g/mol. The molecular formula is C26H22N8O2. The van der Waals surface area contributed by atoms with Crippen LogP contribution >= 0.6 is 0 Å². The first-order chi connectivity index (χ1) is 17.5. The number of carbonyl (C=O) groups is 2. The van der Waals surface area contributed by atoms with E-state index in [0.717, 1.165) is 22.8 Å². The number of amides is 3. The van der Waals surface area contributed by atoms with E-state index in [1.165, 1.54) is 0 Å². The van der Waals surface area contributed by atoms with Crippen LogP contribution in [0.25, 0.3) is 16.9 Å². The maximum atomic E-state index is 11.8. The molecule has 1 saturated heterocycles. The van der Waals surface area contributed by atoms with E-state index in [2.05, 4.69) is 26.3 Å². The first-order valence-electron chi connectivity index (χ1n) is 11.7. The number of hydrogen-bond donors (Lipinski definition) is 1. The van der Waals surface area contributed by atoms with Crippen LogP contribution in [0.5, 0.6) is 0 Å². The first kappa shape index (κ1) is 21.7. The summed E-state index contributed by atoms with van der Waals surface area (Å²) in [7, 11) is 0. The number of nitriles is 1. The molecule has 1 unspecified atom stereocenters. The zero-order valence-corrected chi connectivity index (χ0v) is 19.5. The number of fused-ring (bicyclic) bond motifs is 2. The number of nitrogens with one attached hydrogen (secondary N) is 1. The average molecular weight is 479 g/mol. The quantitative estimate of drug-likeness (QED) is 0.618. The number of allylic oxidation sites excluding steroid dienone is 3. The number of carbonyl (C=O) groups excluding carboxylic acids is 2. The van der Waals surface area contributed by atoms with E-state index in [1.54, 1.807) is 25.3 Å². The molecule has 3 aromatic rings. The lowest BCUT2D eigenvalue weighted by Crippen LogP contribution is -2.48. The van der Waals surface area contributed by atoms with Crippen molar-refractivity contribution in [1.82, 2.24) is 24.6 Å². The third kappa shape index (κ3) is 3.62. The van der Waals surface area contributed by atoms with E-state index in [1.807, 2.05) is 45.9 Å². The maximum absolute atomic E-state index is 11.8. The van der Waals surface area contributed by atoms with Crippen LogP contribution in [-0.4, -0.2) is 63.1 Å². The number of anilines is 1. The Morgan fingerprint density at radius 2 is 1.94 bits per heavy atom. The summed E-state index contributed by atoms with van der Waals surface area (Å²) < 4.78 is 2.04. The van der Waals surface area contributed by atoms with Gasteiger partial charge in [0, 0.05) is 57.0 Å². The van der Waals surface area contributed by atoms with Crippen LogP contribution in [0.1, 0.15) is 24.1 Å². The van der Waals surface area contributed by atoms with E-state index in [0.29, 0.717) is 48.8 Å². The summed E-state index contributed by atoms with van der Waals surface area (Å²) in [6, 6.07) is 9.13. The number of benzene rings is 1. The number of hydrogen-bond acceptors (Lipinski definition) is 6. The molecule has 36 heavy (non-hydrogen) atoms. The number of piperazine rings is 1. The van der Waals surface area contributed by atoms with Crippen molar-refractivity contribution in [3.05, 3.63) is 71.8 Å². The molecule has 178 valence electrons. The Morgan fingerprint density at radius 1 is 1.17 bits per heavy atom. The Morgan fingerprint density at radius 3 is 2.67 bits per heavy atom. The minimum absolute atomic E-state index is 0.0750. The Kier molecular flexibility index (Phi) is 5.11. The van der Waals surface area contributed by atoms with Crippen molar-refractivity contribution in [3.63, 3.8) is 0 Å². The van der Waals surface area contributed by atoms with Crippen molar-refractivity contribution >= 4 is 29.1 Å². The lowest BCUT2D eigenvalue weighted by Gasteiger charge is -2.34. The number of aliphatic imine (C=N–C) groups is 1. The van der Waals surface area contributed by atoms with Crippen molar-refractivity contribution < 1.29 is 9.59 Å². The van der Waals surface area contributed by atoms with E-state index in [-0.39, 0.29) is 17.9 Å². The topological polar surface area (TPSA) is 119 Å². The van der Waals surface area contributed by atoms with Gasteiger partial charge in [0.05, 0.1) is 34.4 Å². The predicted molar refractivity (Wildman–Crippen MR) is 134 cm³/mol. The van der Waals surface area contributed by atoms with Crippen molar-refractivity contribution in [1.29, 1.82) is 5.26 Å². The fourth-order valence-corrected chi connectivity index (χ4v) is 4.90. The molecule has 6 rings (SSSR count). The molecule has 3 aliphatic rings. The zero-order valence-electron chi connectivity index (χ0n) is 19.5. The lowest BCUT2D eigenvalue weighted by atomic mass is 9.93. The summed E-state index contributed by atoms with van der Waals surface area (Å²) in [4.78, 5) is 41.3. The maximum Gasteiger partial charge on any atom is 0.346 e. The zero-order chi connectivity index (χ0) is 24.8. The van der Waals surface area contributed by atoms with Gasteiger partial charge in [-0.15, -0.1) is 0 Å². The molecule has 2 aliphatic heterocycles. The molecule has 10 nitrogen and oxygen atoms in total. The molecule has 1 aromatic carbocycles. The van der Waals surface area contributed by atoms with Crippen molar-refractivity contribution in [2.75, 3.05) is 31.1 Å². The normalized spacial score (nSPS) is 19.0. The summed E-state index contributed by atoms with van der Waals surface area (Å²) in [5, 5.41) is 12.0. The number of urea groups is 1. The Balaban J connectivity index is 1.48. The van der Waals surface area contributed by atoms with Crippen LogP contribution in [0, 0.1) is 11.3 Å². The summed E-state index contributed by atoms with van der Waals surface area (Å²) >= 11 is 0. The molecule has 1 aliphatic carbocycles. The predicted octanol–water partition coefficient (Wildman–Crippen LogP) is 2.64. The van der Waals surface area contributed by atoms with Gasteiger partial charge in [0.15, 0.2) is 11.5 Å². The molecule has 1 atom stereocenters. The molecule has 4 heterocycles. The fraction of sp³-hybridized carbons (Fsp3) is 0.231. The summed E-state index contributed by atoms with van der Waals surface area (Å²) in [6.07, 6.45) is 9.49. The van der Waals surface area contributed by atoms with E-state index >= 15 is 0 Å². The molecule has 1 N–H and O–H groups in total. The van der Waals surface area contributed by atoms with Crippen LogP contribution in [-0.2, 0) is 4.79 Å². The highest BCUT2D eigenvalue weighted by Crippen LogP contribution is 2.36. The highest BCUT2D eigenvalue weighted by molar-refractivity contribution is 6.19. The van der Waals surface area contributed by atoms with Gasteiger partial charge in [-0.3, -0.25) is 9.20 Å². The average Bonchev–Trinajstić information content (AvgIpc) is 3.48. The Labute approximate surface area is 206 Å². The largest absolute Gasteiger partial charge is 0.350 e. The van der Waals surface area contributed by atoms with Crippen molar-refractivity contribution in [2.45, 2.75) is 12.8 Å². The number of imidazole rings is 1. The molecule has 2 aromatic heterocycles. The highest BCUT2D eigenvalue weighted by Gasteiger charge is 2.29. The smallest absolute Gasteiger partial charge is 0.346 e. The summed E-state index contributed by atoms with van der Waals surface area (Å²) in [5.74, 6) is 0.652. The van der Waals surface area contributed by atoms with Gasteiger partial charge in [0.1, 0.15) is 0 Å². The molecule has 10 heteroatoms. The minimum Gasteiger partial charge on any atom is -0.350 e. The molecule has 0 saturated carbocycles. The van der Waals surface area contributed by atoms with Gasteiger partial charge in [-0.1, -0.05) is 18.2 Å². The first-order valence-corrected chi connectivity index (χ1v) is 11.7. The molecule has 0 radical (unpaired) electrons. The summed E-state index contributed by atoms with van der Waals surface area (Å²) in [6.45, 7) is 4.19. The molecule has 1 fully saturated rings. The van der Waals surface area contributed by atoms with Gasteiger partial charge in [0.2, 0.25) is 5.91 Å². The van der Waals surface area contributed by atoms with Gasteiger partial charge in [-0.05, 0) is 24.3 Å². The lowest BCUT2D eigenvalue weighted by molar-refractivity contribution is -0.129. The summed E-state index contributed by atoms with van der Waals surface area (Å²) in [5.41, 5.74) is 5.16. The van der Waals surface area contributed by atoms with Crippen LogP contribution in [0.3, 0.4) is 0 Å². The van der Waals surface area contributed by atoms with Crippen molar-refractivity contribution in [3.8, 4) is 17.3 Å².